The van der Waals surface area contributed by atoms with Crippen molar-refractivity contribution in [1.29, 1.82) is 0 Å². The summed E-state index contributed by atoms with van der Waals surface area (Å²) in [5.74, 6) is 4.66. The van der Waals surface area contributed by atoms with E-state index in [1.165, 1.54) is 29.5 Å². The molecule has 0 unspecified atom stereocenters. The average Bonchev–Trinajstić information content (AvgIpc) is 2.91. The molecule has 0 atom stereocenters. The predicted octanol–water partition coefficient (Wildman–Crippen LogP) is 1.71. The van der Waals surface area contributed by atoms with E-state index in [9.17, 15) is 12.8 Å². The summed E-state index contributed by atoms with van der Waals surface area (Å²) in [5, 5.41) is 8.60. The molecule has 0 aliphatic rings. The second-order valence-electron chi connectivity index (χ2n) is 4.01. The highest BCUT2D eigenvalue weighted by atomic mass is 32.2. The number of hydrogen-bond acceptors (Lipinski definition) is 4. The zero-order valence-corrected chi connectivity index (χ0v) is 12.5. The van der Waals surface area contributed by atoms with Gasteiger partial charge in [0.15, 0.2) is 0 Å². The van der Waals surface area contributed by atoms with E-state index in [1.54, 1.807) is 12.1 Å². The molecule has 0 aliphatic carbocycles. The van der Waals surface area contributed by atoms with Gasteiger partial charge in [0.1, 0.15) is 12.4 Å². The lowest BCUT2D eigenvalue weighted by atomic mass is 10.4. The van der Waals surface area contributed by atoms with Gasteiger partial charge in [-0.05, 0) is 30.3 Å². The average molecular weight is 325 g/mol. The fourth-order valence-corrected chi connectivity index (χ4v) is 3.50. The number of halogens is 1. The molecule has 0 saturated heterocycles. The first-order valence-corrected chi connectivity index (χ1v) is 8.25. The van der Waals surface area contributed by atoms with Crippen LogP contribution < -0.4 is 4.72 Å². The molecule has 4 nitrogen and oxygen atoms in total. The van der Waals surface area contributed by atoms with Crippen molar-refractivity contribution in [3.05, 3.63) is 52.0 Å². The monoisotopic (exact) mass is 325 g/mol. The summed E-state index contributed by atoms with van der Waals surface area (Å²) in [7, 11) is -3.75. The Kier molecular flexibility index (Phi) is 5.09. The van der Waals surface area contributed by atoms with Gasteiger partial charge in [-0.2, -0.15) is 0 Å². The van der Waals surface area contributed by atoms with Crippen molar-refractivity contribution in [2.45, 2.75) is 11.4 Å². The van der Waals surface area contributed by atoms with Crippen LogP contribution in [0, 0.1) is 17.7 Å². The number of thiophene rings is 1. The molecular formula is C14H12FNO3S2. The minimum absolute atomic E-state index is 0.102. The van der Waals surface area contributed by atoms with E-state index in [2.05, 4.69) is 16.6 Å². The van der Waals surface area contributed by atoms with Crippen molar-refractivity contribution in [3.8, 4) is 11.8 Å². The molecule has 2 aromatic rings. The van der Waals surface area contributed by atoms with Gasteiger partial charge in [-0.15, -0.1) is 11.3 Å². The van der Waals surface area contributed by atoms with Crippen molar-refractivity contribution >= 4 is 21.4 Å². The van der Waals surface area contributed by atoms with Crippen LogP contribution >= 0.6 is 11.3 Å². The molecule has 1 aromatic carbocycles. The zero-order chi connectivity index (χ0) is 15.3. The standard InChI is InChI=1S/C14H12FNO3S2/c15-11-3-1-5-14(9-11)21(18,19)16-10-13-7-6-12(20-13)4-2-8-17/h1,3,5-7,9,16-17H,8,10H2. The molecule has 21 heavy (non-hydrogen) atoms. The molecule has 2 rings (SSSR count). The first kappa shape index (κ1) is 15.7. The molecule has 7 heteroatoms. The quantitative estimate of drug-likeness (QED) is 0.841. The van der Waals surface area contributed by atoms with Crippen LogP contribution in [0.25, 0.3) is 0 Å². The minimum atomic E-state index is -3.75. The van der Waals surface area contributed by atoms with Gasteiger partial charge < -0.3 is 5.11 Å². The normalized spacial score (nSPS) is 11.0. The second-order valence-corrected chi connectivity index (χ2v) is 6.94. The van der Waals surface area contributed by atoms with Gasteiger partial charge in [0.2, 0.25) is 10.0 Å². The Bertz CT molecular complexity index is 788. The molecule has 0 radical (unpaired) electrons. The lowest BCUT2D eigenvalue weighted by molar-refractivity contribution is 0.350. The summed E-state index contributed by atoms with van der Waals surface area (Å²) in [4.78, 5) is 1.40. The first-order chi connectivity index (χ1) is 10.0. The molecule has 0 bridgehead atoms. The van der Waals surface area contributed by atoms with E-state index in [1.807, 2.05) is 0 Å². The number of rotatable bonds is 4. The van der Waals surface area contributed by atoms with Gasteiger partial charge in [-0.1, -0.05) is 17.9 Å². The van der Waals surface area contributed by atoms with Crippen molar-refractivity contribution in [2.75, 3.05) is 6.61 Å². The Labute approximate surface area is 126 Å². The molecule has 110 valence electrons. The van der Waals surface area contributed by atoms with Gasteiger partial charge in [-0.3, -0.25) is 0 Å². The Morgan fingerprint density at radius 3 is 2.81 bits per heavy atom. The highest BCUT2D eigenvalue weighted by molar-refractivity contribution is 7.89. The summed E-state index contributed by atoms with van der Waals surface area (Å²) >= 11 is 1.33. The van der Waals surface area contributed by atoms with Crippen molar-refractivity contribution < 1.29 is 17.9 Å². The third kappa shape index (κ3) is 4.37. The Hall–Kier alpha value is -1.72. The van der Waals surface area contributed by atoms with Crippen LogP contribution in [0.1, 0.15) is 9.75 Å². The Morgan fingerprint density at radius 1 is 1.29 bits per heavy atom. The summed E-state index contributed by atoms with van der Waals surface area (Å²) in [6.45, 7) is -0.121. The van der Waals surface area contributed by atoms with E-state index in [0.717, 1.165) is 15.8 Å². The van der Waals surface area contributed by atoms with E-state index < -0.39 is 15.8 Å². The van der Waals surface area contributed by atoms with Gasteiger partial charge in [0.25, 0.3) is 0 Å². The predicted molar refractivity (Wildman–Crippen MR) is 78.7 cm³/mol. The summed E-state index contributed by atoms with van der Waals surface area (Å²) in [5.41, 5.74) is 0. The number of hydrogen-bond donors (Lipinski definition) is 2. The second kappa shape index (κ2) is 6.83. The largest absolute Gasteiger partial charge is 0.384 e. The molecule has 0 amide bonds. The fraction of sp³-hybridized carbons (Fsp3) is 0.143. The van der Waals surface area contributed by atoms with Crippen LogP contribution in [0.3, 0.4) is 0 Å². The van der Waals surface area contributed by atoms with Gasteiger partial charge in [0, 0.05) is 11.4 Å². The molecule has 0 spiro atoms. The third-order valence-corrected chi connectivity index (χ3v) is 4.89. The smallest absolute Gasteiger partial charge is 0.240 e. The highest BCUT2D eigenvalue weighted by Crippen LogP contribution is 2.17. The fourth-order valence-electron chi connectivity index (χ4n) is 1.55. The lowest BCUT2D eigenvalue weighted by Gasteiger charge is -2.05. The molecule has 1 heterocycles. The Balaban J connectivity index is 2.07. The zero-order valence-electron chi connectivity index (χ0n) is 10.8. The molecule has 1 aromatic heterocycles. The van der Waals surface area contributed by atoms with Gasteiger partial charge in [-0.25, -0.2) is 17.5 Å². The molecular weight excluding hydrogens is 313 g/mol. The number of sulfonamides is 1. The molecule has 0 fully saturated rings. The topological polar surface area (TPSA) is 66.4 Å². The van der Waals surface area contributed by atoms with Crippen LogP contribution in [0.5, 0.6) is 0 Å². The van der Waals surface area contributed by atoms with Gasteiger partial charge in [0.05, 0.1) is 9.77 Å². The van der Waals surface area contributed by atoms with E-state index >= 15 is 0 Å². The van der Waals surface area contributed by atoms with E-state index in [4.69, 9.17) is 5.11 Å². The lowest BCUT2D eigenvalue weighted by Crippen LogP contribution is -2.22. The Morgan fingerprint density at radius 2 is 2.10 bits per heavy atom. The minimum Gasteiger partial charge on any atom is -0.384 e. The molecule has 0 saturated carbocycles. The number of aliphatic hydroxyl groups excluding tert-OH is 1. The highest BCUT2D eigenvalue weighted by Gasteiger charge is 2.14. The van der Waals surface area contributed by atoms with Crippen molar-refractivity contribution in [3.63, 3.8) is 0 Å². The summed E-state index contributed by atoms with van der Waals surface area (Å²) < 4.78 is 39.5. The third-order valence-electron chi connectivity index (χ3n) is 2.50. The maximum atomic E-state index is 13.1. The molecule has 2 N–H and O–H groups in total. The van der Waals surface area contributed by atoms with E-state index in [-0.39, 0.29) is 18.0 Å². The van der Waals surface area contributed by atoms with Crippen molar-refractivity contribution in [2.24, 2.45) is 0 Å². The van der Waals surface area contributed by atoms with Crippen LogP contribution in [-0.4, -0.2) is 20.1 Å². The van der Waals surface area contributed by atoms with Crippen LogP contribution in [0.2, 0.25) is 0 Å². The van der Waals surface area contributed by atoms with Crippen molar-refractivity contribution in [1.82, 2.24) is 4.72 Å². The number of aliphatic hydroxyl groups is 1. The maximum Gasteiger partial charge on any atom is 0.240 e. The SMILES string of the molecule is O=S(=O)(NCc1ccc(C#CCO)s1)c1cccc(F)c1. The van der Waals surface area contributed by atoms with Gasteiger partial charge >= 0.3 is 0 Å². The van der Waals surface area contributed by atoms with Crippen LogP contribution in [-0.2, 0) is 16.6 Å². The summed E-state index contributed by atoms with van der Waals surface area (Å²) in [6, 6.07) is 8.33. The number of nitrogens with one attached hydrogen (secondary N) is 1. The number of benzene rings is 1. The van der Waals surface area contributed by atoms with Crippen LogP contribution in [0.15, 0.2) is 41.3 Å². The summed E-state index contributed by atoms with van der Waals surface area (Å²) in [6.07, 6.45) is 0. The molecule has 0 aliphatic heterocycles. The maximum absolute atomic E-state index is 13.1. The first-order valence-electron chi connectivity index (χ1n) is 5.95. The van der Waals surface area contributed by atoms with E-state index in [0.29, 0.717) is 0 Å². The van der Waals surface area contributed by atoms with Crippen LogP contribution in [0.4, 0.5) is 4.39 Å².